The number of carbonyl (C=O) groups excluding carboxylic acids is 1. The summed E-state index contributed by atoms with van der Waals surface area (Å²) in [6.07, 6.45) is 1.44. The second-order valence-electron chi connectivity index (χ2n) is 6.89. The third-order valence-corrected chi connectivity index (χ3v) is 5.08. The van der Waals surface area contributed by atoms with Crippen LogP contribution in [0.5, 0.6) is 5.75 Å². The Kier molecular flexibility index (Phi) is 4.35. The maximum atomic E-state index is 13.3. The molecule has 3 aromatic rings. The number of aryl methyl sites for hydroxylation is 1. The Labute approximate surface area is 162 Å². The highest BCUT2D eigenvalue weighted by molar-refractivity contribution is 6.06. The Morgan fingerprint density at radius 3 is 2.75 bits per heavy atom. The van der Waals surface area contributed by atoms with Crippen molar-refractivity contribution in [2.75, 3.05) is 10.6 Å². The largest absolute Gasteiger partial charge is 0.508 e. The number of nitrogens with one attached hydrogen (secondary N) is 2. The number of hydrogen-bond acceptors (Lipinski definition) is 5. The third-order valence-electron chi connectivity index (χ3n) is 5.08. The van der Waals surface area contributed by atoms with Gasteiger partial charge in [0.25, 0.3) is 5.91 Å². The lowest BCUT2D eigenvalue weighted by Gasteiger charge is -2.29. The van der Waals surface area contributed by atoms with Gasteiger partial charge < -0.3 is 15.7 Å². The Morgan fingerprint density at radius 1 is 1.18 bits per heavy atom. The summed E-state index contributed by atoms with van der Waals surface area (Å²) in [5, 5.41) is 20.4. The number of fused-ring (bicyclic) bond motifs is 1. The Bertz CT molecular complexity index is 1100. The molecule has 0 bridgehead atoms. The van der Waals surface area contributed by atoms with Gasteiger partial charge in [0.05, 0.1) is 5.57 Å². The number of anilines is 2. The molecule has 0 aliphatic carbocycles. The predicted octanol–water partition coefficient (Wildman–Crippen LogP) is 3.53. The molecule has 3 N–H and O–H groups in total. The van der Waals surface area contributed by atoms with E-state index >= 15 is 0 Å². The molecule has 28 heavy (non-hydrogen) atoms. The SMILES string of the molecule is CC1=C(C(=O)Nc2cccc(C)c2C)C(c2cccc(O)c2)n2ncnc2N1. The molecule has 1 atom stereocenters. The number of hydrogen-bond donors (Lipinski definition) is 3. The van der Waals surface area contributed by atoms with Gasteiger partial charge in [-0.15, -0.1) is 0 Å². The molecular weight excluding hydrogens is 354 g/mol. The van der Waals surface area contributed by atoms with Gasteiger partial charge in [-0.2, -0.15) is 10.1 Å². The molecule has 1 aliphatic rings. The monoisotopic (exact) mass is 375 g/mol. The van der Waals surface area contributed by atoms with Crippen molar-refractivity contribution < 1.29 is 9.90 Å². The van der Waals surface area contributed by atoms with E-state index in [-0.39, 0.29) is 11.7 Å². The summed E-state index contributed by atoms with van der Waals surface area (Å²) in [7, 11) is 0. The van der Waals surface area contributed by atoms with Crippen molar-refractivity contribution in [3.05, 3.63) is 76.8 Å². The molecule has 4 rings (SSSR count). The van der Waals surface area contributed by atoms with Gasteiger partial charge in [-0.25, -0.2) is 4.68 Å². The first-order chi connectivity index (χ1) is 13.5. The number of phenols is 1. The maximum Gasteiger partial charge on any atom is 0.255 e. The van der Waals surface area contributed by atoms with Gasteiger partial charge in [-0.3, -0.25) is 4.79 Å². The second-order valence-corrected chi connectivity index (χ2v) is 6.89. The summed E-state index contributed by atoms with van der Waals surface area (Å²) in [4.78, 5) is 17.5. The molecule has 1 aliphatic heterocycles. The highest BCUT2D eigenvalue weighted by atomic mass is 16.3. The molecule has 2 aromatic carbocycles. The maximum absolute atomic E-state index is 13.3. The van der Waals surface area contributed by atoms with E-state index in [4.69, 9.17) is 0 Å². The summed E-state index contributed by atoms with van der Waals surface area (Å²) in [5.74, 6) is 0.451. The van der Waals surface area contributed by atoms with Gasteiger partial charge in [-0.05, 0) is 55.7 Å². The molecule has 1 amide bonds. The van der Waals surface area contributed by atoms with Crippen LogP contribution in [0.3, 0.4) is 0 Å². The normalized spacial score (nSPS) is 15.8. The van der Waals surface area contributed by atoms with Gasteiger partial charge in [0, 0.05) is 11.4 Å². The molecule has 1 aromatic heterocycles. The zero-order chi connectivity index (χ0) is 19.8. The van der Waals surface area contributed by atoms with Crippen LogP contribution in [0.4, 0.5) is 11.6 Å². The van der Waals surface area contributed by atoms with Crippen molar-refractivity contribution in [1.82, 2.24) is 14.8 Å². The molecule has 0 radical (unpaired) electrons. The number of amides is 1. The van der Waals surface area contributed by atoms with Crippen molar-refractivity contribution in [3.8, 4) is 5.75 Å². The zero-order valence-electron chi connectivity index (χ0n) is 15.9. The highest BCUT2D eigenvalue weighted by Gasteiger charge is 2.33. The molecule has 1 unspecified atom stereocenters. The summed E-state index contributed by atoms with van der Waals surface area (Å²) in [5.41, 5.74) is 4.85. The summed E-state index contributed by atoms with van der Waals surface area (Å²) in [6, 6.07) is 12.2. The molecule has 7 nitrogen and oxygen atoms in total. The molecule has 2 heterocycles. The topological polar surface area (TPSA) is 92.1 Å². The van der Waals surface area contributed by atoms with E-state index in [2.05, 4.69) is 20.7 Å². The van der Waals surface area contributed by atoms with Crippen LogP contribution >= 0.6 is 0 Å². The van der Waals surface area contributed by atoms with Crippen LogP contribution in [0.25, 0.3) is 0 Å². The van der Waals surface area contributed by atoms with Crippen molar-refractivity contribution in [2.45, 2.75) is 26.8 Å². The predicted molar refractivity (Wildman–Crippen MR) is 107 cm³/mol. The van der Waals surface area contributed by atoms with Gasteiger partial charge in [0.2, 0.25) is 5.95 Å². The molecule has 0 fully saturated rings. The van der Waals surface area contributed by atoms with Crippen LogP contribution in [0.15, 0.2) is 60.1 Å². The fourth-order valence-corrected chi connectivity index (χ4v) is 3.46. The van der Waals surface area contributed by atoms with Gasteiger partial charge in [0.1, 0.15) is 18.1 Å². The average Bonchev–Trinajstić information content (AvgIpc) is 3.12. The minimum absolute atomic E-state index is 0.129. The molecule has 0 spiro atoms. The smallest absolute Gasteiger partial charge is 0.255 e. The molecule has 142 valence electrons. The lowest BCUT2D eigenvalue weighted by Crippen LogP contribution is -2.31. The number of rotatable bonds is 3. The number of aromatic nitrogens is 3. The minimum atomic E-state index is -0.504. The van der Waals surface area contributed by atoms with Gasteiger partial charge in [0.15, 0.2) is 0 Å². The Morgan fingerprint density at radius 2 is 1.96 bits per heavy atom. The second kappa shape index (κ2) is 6.84. The number of allylic oxidation sites excluding steroid dienone is 1. The Hall–Kier alpha value is -3.61. The zero-order valence-corrected chi connectivity index (χ0v) is 15.9. The summed E-state index contributed by atoms with van der Waals surface area (Å²) in [6.45, 7) is 5.83. The average molecular weight is 375 g/mol. The van der Waals surface area contributed by atoms with E-state index in [0.29, 0.717) is 17.2 Å². The highest BCUT2D eigenvalue weighted by Crippen LogP contribution is 2.36. The van der Waals surface area contributed by atoms with E-state index in [9.17, 15) is 9.90 Å². The van der Waals surface area contributed by atoms with Crippen molar-refractivity contribution in [2.24, 2.45) is 0 Å². The molecule has 0 saturated carbocycles. The number of benzene rings is 2. The molecule has 7 heteroatoms. The van der Waals surface area contributed by atoms with E-state index in [1.54, 1.807) is 22.9 Å². The first-order valence-corrected chi connectivity index (χ1v) is 8.99. The van der Waals surface area contributed by atoms with Crippen molar-refractivity contribution in [1.29, 1.82) is 0 Å². The standard InChI is InChI=1S/C21H21N5O2/c1-12-6-4-9-17(13(12)2)25-20(28)18-14(3)24-21-22-11-23-26(21)19(18)15-7-5-8-16(27)10-15/h4-11,19,27H,1-3H3,(H,25,28)(H,22,23,24). The minimum Gasteiger partial charge on any atom is -0.508 e. The fourth-order valence-electron chi connectivity index (χ4n) is 3.46. The molecule has 0 saturated heterocycles. The van der Waals surface area contributed by atoms with Crippen molar-refractivity contribution in [3.63, 3.8) is 0 Å². The summed E-state index contributed by atoms with van der Waals surface area (Å²) < 4.78 is 1.65. The quantitative estimate of drug-likeness (QED) is 0.651. The Balaban J connectivity index is 1.78. The van der Waals surface area contributed by atoms with Gasteiger partial charge >= 0.3 is 0 Å². The van der Waals surface area contributed by atoms with Crippen LogP contribution in [-0.4, -0.2) is 25.8 Å². The number of aromatic hydroxyl groups is 1. The van der Waals surface area contributed by atoms with Crippen LogP contribution in [-0.2, 0) is 4.79 Å². The number of carbonyl (C=O) groups is 1. The summed E-state index contributed by atoms with van der Waals surface area (Å²) >= 11 is 0. The lowest BCUT2D eigenvalue weighted by atomic mass is 9.94. The van der Waals surface area contributed by atoms with Crippen LogP contribution < -0.4 is 10.6 Å². The van der Waals surface area contributed by atoms with E-state index in [1.807, 2.05) is 45.0 Å². The van der Waals surface area contributed by atoms with Crippen LogP contribution in [0, 0.1) is 13.8 Å². The van der Waals surface area contributed by atoms with Crippen molar-refractivity contribution >= 4 is 17.5 Å². The fraction of sp³-hybridized carbons (Fsp3) is 0.190. The lowest BCUT2D eigenvalue weighted by molar-refractivity contribution is -0.113. The number of nitrogens with zero attached hydrogens (tertiary/aromatic N) is 3. The first kappa shape index (κ1) is 17.8. The van der Waals surface area contributed by atoms with E-state index in [1.165, 1.54) is 6.33 Å². The number of phenolic OH excluding ortho intramolecular Hbond substituents is 1. The van der Waals surface area contributed by atoms with Crippen LogP contribution in [0.1, 0.15) is 29.7 Å². The van der Waals surface area contributed by atoms with E-state index < -0.39 is 6.04 Å². The molecular formula is C21H21N5O2. The van der Waals surface area contributed by atoms with Gasteiger partial charge in [-0.1, -0.05) is 24.3 Å². The van der Waals surface area contributed by atoms with Crippen LogP contribution in [0.2, 0.25) is 0 Å². The third kappa shape index (κ3) is 3.00. The first-order valence-electron chi connectivity index (χ1n) is 8.99. The van der Waals surface area contributed by atoms with E-state index in [0.717, 1.165) is 22.4 Å².